The summed E-state index contributed by atoms with van der Waals surface area (Å²) in [6.07, 6.45) is 0. The Labute approximate surface area is 137 Å². The summed E-state index contributed by atoms with van der Waals surface area (Å²) in [6, 6.07) is 7.08. The Morgan fingerprint density at radius 1 is 1.36 bits per heavy atom. The number of rotatable bonds is 4. The van der Waals surface area contributed by atoms with Crippen LogP contribution in [0, 0.1) is 5.41 Å². The first kappa shape index (κ1) is 17.3. The normalized spacial score (nSPS) is 18.0. The average molecular weight is 342 g/mol. The monoisotopic (exact) mass is 341 g/mol. The van der Waals surface area contributed by atoms with E-state index in [2.05, 4.69) is 24.2 Å². The zero-order chi connectivity index (χ0) is 16.4. The van der Waals surface area contributed by atoms with Crippen molar-refractivity contribution in [3.05, 3.63) is 29.8 Å². The molecule has 0 bridgehead atoms. The van der Waals surface area contributed by atoms with Gasteiger partial charge in [0.2, 0.25) is 10.0 Å². The van der Waals surface area contributed by atoms with Gasteiger partial charge in [-0.25, -0.2) is 12.7 Å². The fraction of sp³-hybridized carbons (Fsp3) is 0.533. The Balaban J connectivity index is 2.05. The Morgan fingerprint density at radius 3 is 2.68 bits per heavy atom. The van der Waals surface area contributed by atoms with Crippen molar-refractivity contribution in [3.63, 3.8) is 0 Å². The van der Waals surface area contributed by atoms with Crippen LogP contribution in [-0.4, -0.2) is 45.1 Å². The lowest BCUT2D eigenvalue weighted by Gasteiger charge is -2.28. The predicted octanol–water partition coefficient (Wildman–Crippen LogP) is 2.16. The van der Waals surface area contributed by atoms with Gasteiger partial charge >= 0.3 is 0 Å². The number of aliphatic imine (C=N–C) groups is 1. The molecule has 1 N–H and O–H groups in total. The lowest BCUT2D eigenvalue weighted by atomic mass is 9.93. The van der Waals surface area contributed by atoms with E-state index in [1.807, 2.05) is 6.07 Å². The quantitative estimate of drug-likeness (QED) is 0.911. The van der Waals surface area contributed by atoms with Crippen LogP contribution in [0.4, 0.5) is 0 Å². The summed E-state index contributed by atoms with van der Waals surface area (Å²) >= 11 is 1.61. The molecule has 1 aromatic carbocycles. The van der Waals surface area contributed by atoms with Gasteiger partial charge in [-0.05, 0) is 17.7 Å². The molecule has 7 heteroatoms. The zero-order valence-corrected chi connectivity index (χ0v) is 15.1. The molecule has 0 spiro atoms. The molecule has 0 atom stereocenters. The molecule has 5 nitrogen and oxygen atoms in total. The molecule has 0 amide bonds. The minimum atomic E-state index is -3.38. The second-order valence-corrected chi connectivity index (χ2v) is 9.48. The van der Waals surface area contributed by atoms with Crippen molar-refractivity contribution in [2.24, 2.45) is 10.4 Å². The molecule has 22 heavy (non-hydrogen) atoms. The van der Waals surface area contributed by atoms with Gasteiger partial charge in [-0.3, -0.25) is 4.99 Å². The first-order valence-corrected chi connectivity index (χ1v) is 9.56. The third kappa shape index (κ3) is 4.24. The van der Waals surface area contributed by atoms with Crippen LogP contribution >= 0.6 is 11.8 Å². The molecule has 0 saturated carbocycles. The number of nitrogens with zero attached hydrogens (tertiary/aromatic N) is 2. The Hall–Kier alpha value is -1.05. The van der Waals surface area contributed by atoms with E-state index >= 15 is 0 Å². The van der Waals surface area contributed by atoms with Gasteiger partial charge in [-0.1, -0.05) is 37.7 Å². The number of nitrogens with one attached hydrogen (secondary N) is 1. The zero-order valence-electron chi connectivity index (χ0n) is 13.5. The molecule has 1 heterocycles. The summed E-state index contributed by atoms with van der Waals surface area (Å²) in [5.41, 5.74) is 1.17. The van der Waals surface area contributed by atoms with Crippen molar-refractivity contribution < 1.29 is 8.42 Å². The number of sulfonamides is 1. The fourth-order valence-electron chi connectivity index (χ4n) is 1.97. The van der Waals surface area contributed by atoms with E-state index in [0.29, 0.717) is 10.6 Å². The lowest BCUT2D eigenvalue weighted by Crippen LogP contribution is -2.39. The highest BCUT2D eigenvalue weighted by molar-refractivity contribution is 8.13. The molecule has 0 unspecified atom stereocenters. The Bertz CT molecular complexity index is 667. The van der Waals surface area contributed by atoms with Crippen LogP contribution in [-0.2, 0) is 15.8 Å². The first-order valence-electron chi connectivity index (χ1n) is 7.13. The number of hydrogen-bond donors (Lipinski definition) is 1. The topological polar surface area (TPSA) is 61.8 Å². The summed E-state index contributed by atoms with van der Waals surface area (Å²) < 4.78 is 25.5. The second-order valence-electron chi connectivity index (χ2n) is 6.36. The maximum absolute atomic E-state index is 12.1. The van der Waals surface area contributed by atoms with Gasteiger partial charge in [0.25, 0.3) is 0 Å². The highest BCUT2D eigenvalue weighted by Crippen LogP contribution is 2.23. The average Bonchev–Trinajstić information content (AvgIpc) is 2.46. The minimum absolute atomic E-state index is 0.198. The molecule has 1 aliphatic heterocycles. The molecule has 1 aliphatic rings. The Morgan fingerprint density at radius 2 is 2.09 bits per heavy atom. The van der Waals surface area contributed by atoms with Gasteiger partial charge in [-0.2, -0.15) is 0 Å². The molecule has 122 valence electrons. The highest BCUT2D eigenvalue weighted by Gasteiger charge is 2.22. The van der Waals surface area contributed by atoms with Gasteiger partial charge in [0.15, 0.2) is 5.17 Å². The van der Waals surface area contributed by atoms with Crippen molar-refractivity contribution >= 4 is 27.0 Å². The van der Waals surface area contributed by atoms with Crippen molar-refractivity contribution in [2.45, 2.75) is 24.5 Å². The molecule has 0 fully saturated rings. The van der Waals surface area contributed by atoms with E-state index in [1.165, 1.54) is 4.31 Å². The molecular formula is C15H23N3O2S2. The number of benzene rings is 1. The molecule has 0 aliphatic carbocycles. The summed E-state index contributed by atoms with van der Waals surface area (Å²) in [5.74, 6) is 0.697. The summed E-state index contributed by atoms with van der Waals surface area (Å²) in [7, 11) is -0.298. The summed E-state index contributed by atoms with van der Waals surface area (Å²) in [5, 5.41) is 4.26. The van der Waals surface area contributed by atoms with Gasteiger partial charge in [-0.15, -0.1) is 0 Å². The number of amidine groups is 1. The molecule has 2 rings (SSSR count). The van der Waals surface area contributed by atoms with Crippen LogP contribution in [0.25, 0.3) is 0 Å². The van der Waals surface area contributed by atoms with Crippen LogP contribution in [0.3, 0.4) is 0 Å². The first-order chi connectivity index (χ1) is 10.2. The molecule has 0 aromatic heterocycles. The predicted molar refractivity (Wildman–Crippen MR) is 92.7 cm³/mol. The van der Waals surface area contributed by atoms with Crippen LogP contribution in [0.5, 0.6) is 0 Å². The second kappa shape index (κ2) is 6.60. The molecule has 0 saturated heterocycles. The van der Waals surface area contributed by atoms with Gasteiger partial charge in [0.1, 0.15) is 0 Å². The van der Waals surface area contributed by atoms with Crippen LogP contribution in [0.15, 0.2) is 34.2 Å². The smallest absolute Gasteiger partial charge is 0.242 e. The number of hydrogen-bond acceptors (Lipinski definition) is 5. The maximum atomic E-state index is 12.1. The third-order valence-corrected chi connectivity index (χ3v) is 6.26. The van der Waals surface area contributed by atoms with Gasteiger partial charge in [0, 0.05) is 38.4 Å². The SMILES string of the molecule is CN(C)S(=O)(=O)c1cccc(CSC2=NCC(C)(C)CN2)c1. The van der Waals surface area contributed by atoms with Crippen LogP contribution in [0.1, 0.15) is 19.4 Å². The standard InChI is InChI=1S/C15H23N3O2S2/c1-15(2)10-16-14(17-11-15)21-9-12-6-5-7-13(8-12)22(19,20)18(3)4/h5-8H,9-11H2,1-4H3,(H,16,17). The van der Waals surface area contributed by atoms with E-state index < -0.39 is 10.0 Å². The maximum Gasteiger partial charge on any atom is 0.242 e. The van der Waals surface area contributed by atoms with E-state index in [4.69, 9.17) is 0 Å². The van der Waals surface area contributed by atoms with Crippen molar-refractivity contribution in [1.29, 1.82) is 0 Å². The van der Waals surface area contributed by atoms with Crippen molar-refractivity contribution in [3.8, 4) is 0 Å². The van der Waals surface area contributed by atoms with E-state index in [-0.39, 0.29) is 5.41 Å². The Kier molecular flexibility index (Phi) is 5.19. The molecular weight excluding hydrogens is 318 g/mol. The lowest BCUT2D eigenvalue weighted by molar-refractivity contribution is 0.364. The summed E-state index contributed by atoms with van der Waals surface area (Å²) in [4.78, 5) is 4.87. The fourth-order valence-corrected chi connectivity index (χ4v) is 3.75. The largest absolute Gasteiger partial charge is 0.364 e. The van der Waals surface area contributed by atoms with Crippen molar-refractivity contribution in [2.75, 3.05) is 27.2 Å². The highest BCUT2D eigenvalue weighted by atomic mass is 32.2. The van der Waals surface area contributed by atoms with Crippen molar-refractivity contribution in [1.82, 2.24) is 9.62 Å². The van der Waals surface area contributed by atoms with Crippen LogP contribution in [0.2, 0.25) is 0 Å². The van der Waals surface area contributed by atoms with Gasteiger partial charge in [0.05, 0.1) is 4.90 Å². The van der Waals surface area contributed by atoms with Gasteiger partial charge < -0.3 is 5.32 Å². The third-order valence-electron chi connectivity index (χ3n) is 3.42. The van der Waals surface area contributed by atoms with Crippen LogP contribution < -0.4 is 5.32 Å². The minimum Gasteiger partial charge on any atom is -0.364 e. The number of thioether (sulfide) groups is 1. The molecule has 1 aromatic rings. The summed E-state index contributed by atoms with van der Waals surface area (Å²) in [6.45, 7) is 6.09. The van der Waals surface area contributed by atoms with E-state index in [9.17, 15) is 8.42 Å². The van der Waals surface area contributed by atoms with E-state index in [1.54, 1.807) is 44.1 Å². The molecule has 0 radical (unpaired) electrons. The van der Waals surface area contributed by atoms with E-state index in [0.717, 1.165) is 23.8 Å².